The maximum atomic E-state index is 12.6. The van der Waals surface area contributed by atoms with Crippen LogP contribution in [0.25, 0.3) is 22.0 Å². The van der Waals surface area contributed by atoms with Crippen molar-refractivity contribution in [3.63, 3.8) is 0 Å². The van der Waals surface area contributed by atoms with Crippen LogP contribution in [-0.2, 0) is 4.79 Å². The monoisotopic (exact) mass is 383 g/mol. The van der Waals surface area contributed by atoms with Gasteiger partial charge in [0, 0.05) is 22.6 Å². The number of H-pyrrole nitrogens is 1. The van der Waals surface area contributed by atoms with Crippen LogP contribution in [0.15, 0.2) is 36.4 Å². The fourth-order valence-electron chi connectivity index (χ4n) is 3.53. The first-order valence-corrected chi connectivity index (χ1v) is 9.42. The minimum Gasteiger partial charge on any atom is -0.399 e. The van der Waals surface area contributed by atoms with Crippen LogP contribution in [0.3, 0.4) is 0 Å². The molecule has 2 aromatic carbocycles. The van der Waals surface area contributed by atoms with Crippen LogP contribution < -0.4 is 11.1 Å². The number of amides is 1. The van der Waals surface area contributed by atoms with Crippen LogP contribution >= 0.6 is 11.6 Å². The van der Waals surface area contributed by atoms with Crippen LogP contribution in [0.1, 0.15) is 12.8 Å². The molecule has 0 saturated carbocycles. The predicted octanol–water partition coefficient (Wildman–Crippen LogP) is 3.75. The van der Waals surface area contributed by atoms with E-state index in [2.05, 4.69) is 27.5 Å². The average Bonchev–Trinajstić information content (AvgIpc) is 3.04. The Morgan fingerprint density at radius 2 is 2.04 bits per heavy atom. The number of carbonyl (C=O) groups is 1. The molecule has 6 nitrogen and oxygen atoms in total. The molecule has 3 aromatic rings. The molecule has 0 radical (unpaired) electrons. The normalized spacial score (nSPS) is 15.9. The number of benzene rings is 2. The molecule has 27 heavy (non-hydrogen) atoms. The van der Waals surface area contributed by atoms with E-state index in [1.165, 1.54) is 0 Å². The second-order valence-electron chi connectivity index (χ2n) is 7.14. The molecular formula is C20H22ClN5O. The molecular weight excluding hydrogens is 362 g/mol. The molecule has 0 aliphatic carbocycles. The zero-order valence-electron chi connectivity index (χ0n) is 15.1. The number of hydrogen-bond acceptors (Lipinski definition) is 4. The molecule has 4 rings (SSSR count). The molecule has 7 heteroatoms. The summed E-state index contributed by atoms with van der Waals surface area (Å²) in [6.07, 6.45) is 1.74. The van der Waals surface area contributed by atoms with Gasteiger partial charge in [-0.1, -0.05) is 23.7 Å². The Morgan fingerprint density at radius 3 is 2.78 bits per heavy atom. The average molecular weight is 384 g/mol. The molecule has 4 N–H and O–H groups in total. The first-order valence-electron chi connectivity index (χ1n) is 9.04. The first-order chi connectivity index (χ1) is 13.0. The third-order valence-electron chi connectivity index (χ3n) is 5.20. The fraction of sp³-hybridized carbons (Fsp3) is 0.300. The van der Waals surface area contributed by atoms with Gasteiger partial charge in [0.2, 0.25) is 5.91 Å². The summed E-state index contributed by atoms with van der Waals surface area (Å²) in [5.41, 5.74) is 9.12. The number of carbonyl (C=O) groups excluding carboxylic acids is 1. The summed E-state index contributed by atoms with van der Waals surface area (Å²) in [7, 11) is 2.08. The van der Waals surface area contributed by atoms with Crippen molar-refractivity contribution in [2.24, 2.45) is 5.92 Å². The standard InChI is InChI=1S/C20H22ClN5O/c1-26-8-6-12(7-9-26)20(27)23-19-16-10-13(2-5-18(16)24-25-19)15-4-3-14(22)11-17(15)21/h2-5,10-12H,6-9,22H2,1H3,(H2,23,24,25,27). The van der Waals surface area contributed by atoms with Gasteiger partial charge in [-0.15, -0.1) is 0 Å². The first kappa shape index (κ1) is 17.8. The van der Waals surface area contributed by atoms with Gasteiger partial charge in [-0.05, 0) is 62.8 Å². The maximum absolute atomic E-state index is 12.6. The molecule has 1 saturated heterocycles. The lowest BCUT2D eigenvalue weighted by atomic mass is 9.96. The Bertz CT molecular complexity index is 991. The predicted molar refractivity (Wildman–Crippen MR) is 110 cm³/mol. The van der Waals surface area contributed by atoms with E-state index in [0.29, 0.717) is 16.5 Å². The van der Waals surface area contributed by atoms with Gasteiger partial charge in [-0.3, -0.25) is 9.89 Å². The van der Waals surface area contributed by atoms with E-state index in [1.807, 2.05) is 30.3 Å². The Hall–Kier alpha value is -2.57. The minimum absolute atomic E-state index is 0.0303. The van der Waals surface area contributed by atoms with Gasteiger partial charge < -0.3 is 16.0 Å². The van der Waals surface area contributed by atoms with Crippen LogP contribution in [0, 0.1) is 5.92 Å². The maximum Gasteiger partial charge on any atom is 0.228 e. The van der Waals surface area contributed by atoms with Crippen molar-refractivity contribution in [1.29, 1.82) is 0 Å². The quantitative estimate of drug-likeness (QED) is 0.601. The lowest BCUT2D eigenvalue weighted by Gasteiger charge is -2.27. The highest BCUT2D eigenvalue weighted by molar-refractivity contribution is 6.33. The SMILES string of the molecule is CN1CCC(C(=O)Nc2n[nH]c3ccc(-c4ccc(N)cc4Cl)cc23)CC1. The Balaban J connectivity index is 1.61. The van der Waals surface area contributed by atoms with Crippen molar-refractivity contribution in [1.82, 2.24) is 15.1 Å². The number of halogens is 1. The van der Waals surface area contributed by atoms with Crippen LogP contribution in [0.5, 0.6) is 0 Å². The number of nitrogens with one attached hydrogen (secondary N) is 2. The minimum atomic E-state index is 0.0303. The van der Waals surface area contributed by atoms with Crippen LogP contribution in [0.2, 0.25) is 5.02 Å². The highest BCUT2D eigenvalue weighted by Gasteiger charge is 2.24. The molecule has 1 fully saturated rings. The zero-order chi connectivity index (χ0) is 19.0. The number of aromatic amines is 1. The number of aromatic nitrogens is 2. The lowest BCUT2D eigenvalue weighted by molar-refractivity contribution is -0.121. The van der Waals surface area contributed by atoms with E-state index in [4.69, 9.17) is 17.3 Å². The summed E-state index contributed by atoms with van der Waals surface area (Å²) in [6, 6.07) is 11.4. The summed E-state index contributed by atoms with van der Waals surface area (Å²) in [5, 5.41) is 11.7. The van der Waals surface area contributed by atoms with Gasteiger partial charge >= 0.3 is 0 Å². The number of hydrogen-bond donors (Lipinski definition) is 3. The Labute approximate surface area is 162 Å². The second kappa shape index (κ2) is 7.21. The largest absolute Gasteiger partial charge is 0.399 e. The van der Waals surface area contributed by atoms with E-state index in [9.17, 15) is 4.79 Å². The van der Waals surface area contributed by atoms with Gasteiger partial charge in [-0.2, -0.15) is 5.10 Å². The third-order valence-corrected chi connectivity index (χ3v) is 5.51. The Morgan fingerprint density at radius 1 is 1.26 bits per heavy atom. The van der Waals surface area contributed by atoms with Crippen molar-refractivity contribution in [2.45, 2.75) is 12.8 Å². The molecule has 0 unspecified atom stereocenters. The molecule has 0 spiro atoms. The van der Waals surface area contributed by atoms with Gasteiger partial charge in [-0.25, -0.2) is 0 Å². The van der Waals surface area contributed by atoms with Gasteiger partial charge in [0.25, 0.3) is 0 Å². The molecule has 0 bridgehead atoms. The van der Waals surface area contributed by atoms with Crippen LogP contribution in [-0.4, -0.2) is 41.1 Å². The van der Waals surface area contributed by atoms with E-state index in [1.54, 1.807) is 6.07 Å². The smallest absolute Gasteiger partial charge is 0.228 e. The molecule has 0 atom stereocenters. The second-order valence-corrected chi connectivity index (χ2v) is 7.55. The third kappa shape index (κ3) is 3.63. The summed E-state index contributed by atoms with van der Waals surface area (Å²) in [6.45, 7) is 1.89. The van der Waals surface area contributed by atoms with Gasteiger partial charge in [0.15, 0.2) is 5.82 Å². The van der Waals surface area contributed by atoms with Gasteiger partial charge in [0.1, 0.15) is 0 Å². The van der Waals surface area contributed by atoms with Crippen LogP contribution in [0.4, 0.5) is 11.5 Å². The van der Waals surface area contributed by atoms with Crippen molar-refractivity contribution in [3.05, 3.63) is 41.4 Å². The van der Waals surface area contributed by atoms with E-state index >= 15 is 0 Å². The number of rotatable bonds is 3. The number of nitrogen functional groups attached to an aromatic ring is 1. The number of nitrogens with two attached hydrogens (primary N) is 1. The summed E-state index contributed by atoms with van der Waals surface area (Å²) >= 11 is 6.35. The van der Waals surface area contributed by atoms with Crippen molar-refractivity contribution >= 4 is 39.9 Å². The zero-order valence-corrected chi connectivity index (χ0v) is 15.9. The topological polar surface area (TPSA) is 87.0 Å². The van der Waals surface area contributed by atoms with Crippen molar-refractivity contribution in [2.75, 3.05) is 31.2 Å². The Kier molecular flexibility index (Phi) is 4.76. The number of fused-ring (bicyclic) bond motifs is 1. The van der Waals surface area contributed by atoms with E-state index in [-0.39, 0.29) is 11.8 Å². The molecule has 140 valence electrons. The van der Waals surface area contributed by atoms with Crippen molar-refractivity contribution in [3.8, 4) is 11.1 Å². The number of piperidine rings is 1. The lowest BCUT2D eigenvalue weighted by Crippen LogP contribution is -2.36. The van der Waals surface area contributed by atoms with Crippen molar-refractivity contribution < 1.29 is 4.79 Å². The van der Waals surface area contributed by atoms with E-state index in [0.717, 1.165) is 48.0 Å². The van der Waals surface area contributed by atoms with Gasteiger partial charge in [0.05, 0.1) is 10.5 Å². The summed E-state index contributed by atoms with van der Waals surface area (Å²) in [5.74, 6) is 0.623. The molecule has 1 aliphatic heterocycles. The van der Waals surface area contributed by atoms with E-state index < -0.39 is 0 Å². The molecule has 1 aromatic heterocycles. The molecule has 2 heterocycles. The number of nitrogens with zero attached hydrogens (tertiary/aromatic N) is 2. The highest BCUT2D eigenvalue weighted by Crippen LogP contribution is 2.33. The fourth-order valence-corrected chi connectivity index (χ4v) is 3.83. The molecule has 1 amide bonds. The highest BCUT2D eigenvalue weighted by atomic mass is 35.5. The molecule has 1 aliphatic rings. The summed E-state index contributed by atoms with van der Waals surface area (Å²) in [4.78, 5) is 14.9. The number of likely N-dealkylation sites (tertiary alicyclic amines) is 1. The number of anilines is 2. The summed E-state index contributed by atoms with van der Waals surface area (Å²) < 4.78 is 0.